The van der Waals surface area contributed by atoms with Crippen molar-refractivity contribution in [2.75, 3.05) is 5.32 Å². The van der Waals surface area contributed by atoms with Crippen LogP contribution in [-0.2, 0) is 4.79 Å². The molecule has 1 atom stereocenters. The quantitative estimate of drug-likeness (QED) is 0.672. The molecule has 6 heteroatoms. The molecule has 0 heterocycles. The minimum atomic E-state index is -1.34. The lowest BCUT2D eigenvalue weighted by Gasteiger charge is -2.14. The molecule has 1 amide bonds. The van der Waals surface area contributed by atoms with E-state index in [0.29, 0.717) is 6.07 Å². The largest absolute Gasteiger partial charge is 0.322 e. The number of amides is 1. The summed E-state index contributed by atoms with van der Waals surface area (Å²) >= 11 is 3.10. The van der Waals surface area contributed by atoms with E-state index >= 15 is 0 Å². The van der Waals surface area contributed by atoms with Gasteiger partial charge in [-0.05, 0) is 5.92 Å². The molecule has 1 aromatic carbocycles. The number of anilines is 1. The van der Waals surface area contributed by atoms with Crippen molar-refractivity contribution in [2.45, 2.75) is 18.7 Å². The molecule has 2 nitrogen and oxygen atoms in total. The second-order valence-electron chi connectivity index (χ2n) is 3.88. The van der Waals surface area contributed by atoms with Crippen LogP contribution >= 0.6 is 15.9 Å². The van der Waals surface area contributed by atoms with Gasteiger partial charge in [-0.25, -0.2) is 13.2 Å². The van der Waals surface area contributed by atoms with E-state index in [1.807, 2.05) is 0 Å². The van der Waals surface area contributed by atoms with Crippen LogP contribution in [0, 0.1) is 23.4 Å². The highest BCUT2D eigenvalue weighted by Crippen LogP contribution is 2.21. The van der Waals surface area contributed by atoms with Crippen LogP contribution in [0.5, 0.6) is 0 Å². The first-order valence-corrected chi connectivity index (χ1v) is 5.84. The number of hydrogen-bond donors (Lipinski definition) is 1. The maximum absolute atomic E-state index is 13.2. The third-order valence-electron chi connectivity index (χ3n) is 2.09. The summed E-state index contributed by atoms with van der Waals surface area (Å²) < 4.78 is 39.0. The van der Waals surface area contributed by atoms with Crippen molar-refractivity contribution < 1.29 is 18.0 Å². The van der Waals surface area contributed by atoms with Crippen LogP contribution in [0.4, 0.5) is 18.9 Å². The monoisotopic (exact) mass is 309 g/mol. The fourth-order valence-electron chi connectivity index (χ4n) is 1.15. The molecule has 0 saturated carbocycles. The lowest BCUT2D eigenvalue weighted by molar-refractivity contribution is -0.116. The molecule has 17 heavy (non-hydrogen) atoms. The summed E-state index contributed by atoms with van der Waals surface area (Å²) in [5.74, 6) is -4.14. The molecule has 0 fully saturated rings. The van der Waals surface area contributed by atoms with E-state index in [1.165, 1.54) is 0 Å². The first kappa shape index (κ1) is 14.0. The van der Waals surface area contributed by atoms with E-state index < -0.39 is 33.9 Å². The number of hydrogen-bond acceptors (Lipinski definition) is 1. The van der Waals surface area contributed by atoms with Crippen LogP contribution in [-0.4, -0.2) is 10.7 Å². The number of halogens is 4. The maximum atomic E-state index is 13.2. The van der Waals surface area contributed by atoms with E-state index in [9.17, 15) is 18.0 Å². The summed E-state index contributed by atoms with van der Waals surface area (Å²) in [7, 11) is 0. The van der Waals surface area contributed by atoms with Gasteiger partial charge in [0.05, 0.1) is 10.5 Å². The van der Waals surface area contributed by atoms with E-state index in [1.54, 1.807) is 13.8 Å². The van der Waals surface area contributed by atoms with Gasteiger partial charge < -0.3 is 5.32 Å². The molecule has 0 aromatic heterocycles. The van der Waals surface area contributed by atoms with Gasteiger partial charge in [0, 0.05) is 12.1 Å². The first-order valence-electron chi connectivity index (χ1n) is 4.92. The molecule has 1 rings (SSSR count). The van der Waals surface area contributed by atoms with Crippen LogP contribution in [0.25, 0.3) is 0 Å². The molecule has 0 spiro atoms. The summed E-state index contributed by atoms with van der Waals surface area (Å²) in [6, 6.07) is 1.15. The van der Waals surface area contributed by atoms with E-state index in [4.69, 9.17) is 0 Å². The minimum absolute atomic E-state index is 0.0310. The van der Waals surface area contributed by atoms with Gasteiger partial charge >= 0.3 is 0 Å². The normalized spacial score (nSPS) is 12.6. The number of alkyl halides is 1. The predicted molar refractivity (Wildman–Crippen MR) is 62.5 cm³/mol. The number of carbonyl (C=O) groups excluding carboxylic acids is 1. The van der Waals surface area contributed by atoms with Crippen LogP contribution in [0.1, 0.15) is 13.8 Å². The molecule has 1 N–H and O–H groups in total. The van der Waals surface area contributed by atoms with Gasteiger partial charge in [-0.1, -0.05) is 29.8 Å². The van der Waals surface area contributed by atoms with Crippen molar-refractivity contribution in [2.24, 2.45) is 5.92 Å². The third kappa shape index (κ3) is 3.46. The van der Waals surface area contributed by atoms with E-state index in [-0.39, 0.29) is 5.92 Å². The molecule has 0 aliphatic carbocycles. The van der Waals surface area contributed by atoms with Gasteiger partial charge in [-0.2, -0.15) is 0 Å². The molecule has 94 valence electrons. The summed E-state index contributed by atoms with van der Waals surface area (Å²) in [4.78, 5) is 11.0. The molecular formula is C11H11BrF3NO. The minimum Gasteiger partial charge on any atom is -0.322 e. The Morgan fingerprint density at radius 3 is 2.41 bits per heavy atom. The average Bonchev–Trinajstić information content (AvgIpc) is 2.23. The fourth-order valence-corrected chi connectivity index (χ4v) is 1.27. The zero-order valence-corrected chi connectivity index (χ0v) is 10.8. The van der Waals surface area contributed by atoms with Gasteiger partial charge in [0.25, 0.3) is 0 Å². The summed E-state index contributed by atoms with van der Waals surface area (Å²) in [6.45, 7) is 3.56. The zero-order valence-electron chi connectivity index (χ0n) is 9.23. The number of benzene rings is 1. The standard InChI is InChI=1S/C11H11BrF3NO/c1-5(2)9(12)11(17)16-8-4-6(13)3-7(14)10(8)15/h3-5,9H,1-2H3,(H,16,17). The van der Waals surface area contributed by atoms with Crippen LogP contribution < -0.4 is 5.32 Å². The van der Waals surface area contributed by atoms with Crippen molar-refractivity contribution in [1.82, 2.24) is 0 Å². The average molecular weight is 310 g/mol. The third-order valence-corrected chi connectivity index (χ3v) is 3.56. The van der Waals surface area contributed by atoms with Gasteiger partial charge in [-0.15, -0.1) is 0 Å². The van der Waals surface area contributed by atoms with Crippen molar-refractivity contribution >= 4 is 27.5 Å². The number of nitrogens with one attached hydrogen (secondary N) is 1. The van der Waals surface area contributed by atoms with Gasteiger partial charge in [0.15, 0.2) is 11.6 Å². The van der Waals surface area contributed by atoms with Crippen molar-refractivity contribution in [3.8, 4) is 0 Å². The van der Waals surface area contributed by atoms with Crippen molar-refractivity contribution in [1.29, 1.82) is 0 Å². The molecule has 1 unspecified atom stereocenters. The fraction of sp³-hybridized carbons (Fsp3) is 0.364. The SMILES string of the molecule is CC(C)C(Br)C(=O)Nc1cc(F)cc(F)c1F. The maximum Gasteiger partial charge on any atom is 0.238 e. The molecule has 0 saturated heterocycles. The Balaban J connectivity index is 2.92. The summed E-state index contributed by atoms with van der Waals surface area (Å²) in [5.41, 5.74) is -0.502. The molecule has 1 aromatic rings. The Morgan fingerprint density at radius 1 is 1.29 bits per heavy atom. The van der Waals surface area contributed by atoms with Gasteiger partial charge in [0.2, 0.25) is 5.91 Å². The highest BCUT2D eigenvalue weighted by molar-refractivity contribution is 9.10. The molecule has 0 bridgehead atoms. The van der Waals surface area contributed by atoms with Crippen molar-refractivity contribution in [3.63, 3.8) is 0 Å². The van der Waals surface area contributed by atoms with Crippen LogP contribution in [0.15, 0.2) is 12.1 Å². The molecule has 0 radical (unpaired) electrons. The van der Waals surface area contributed by atoms with E-state index in [0.717, 1.165) is 6.07 Å². The Bertz CT molecular complexity index is 437. The Kier molecular flexibility index (Phi) is 4.56. The second-order valence-corrected chi connectivity index (χ2v) is 4.87. The molecular weight excluding hydrogens is 299 g/mol. The van der Waals surface area contributed by atoms with Crippen LogP contribution in [0.2, 0.25) is 0 Å². The lowest BCUT2D eigenvalue weighted by Crippen LogP contribution is -2.27. The Labute approximate surface area is 105 Å². The highest BCUT2D eigenvalue weighted by atomic mass is 79.9. The number of carbonyl (C=O) groups is 1. The van der Waals surface area contributed by atoms with Crippen LogP contribution in [0.3, 0.4) is 0 Å². The lowest BCUT2D eigenvalue weighted by atomic mass is 10.1. The molecule has 0 aliphatic rings. The highest BCUT2D eigenvalue weighted by Gasteiger charge is 2.21. The smallest absolute Gasteiger partial charge is 0.238 e. The van der Waals surface area contributed by atoms with Gasteiger partial charge in [0.1, 0.15) is 5.82 Å². The Morgan fingerprint density at radius 2 is 1.88 bits per heavy atom. The predicted octanol–water partition coefficient (Wildman–Crippen LogP) is 3.46. The zero-order chi connectivity index (χ0) is 13.2. The van der Waals surface area contributed by atoms with Crippen molar-refractivity contribution in [3.05, 3.63) is 29.6 Å². The summed E-state index contributed by atoms with van der Waals surface area (Å²) in [6.07, 6.45) is 0. The van der Waals surface area contributed by atoms with E-state index in [2.05, 4.69) is 21.2 Å². The molecule has 0 aliphatic heterocycles. The topological polar surface area (TPSA) is 29.1 Å². The first-order chi connectivity index (χ1) is 7.82. The second kappa shape index (κ2) is 5.53. The number of rotatable bonds is 3. The Hall–Kier alpha value is -1.04. The van der Waals surface area contributed by atoms with Gasteiger partial charge in [-0.3, -0.25) is 4.79 Å². The summed E-state index contributed by atoms with van der Waals surface area (Å²) in [5, 5.41) is 2.13.